The highest BCUT2D eigenvalue weighted by molar-refractivity contribution is 5.94. The van der Waals surface area contributed by atoms with Crippen LogP contribution < -0.4 is 4.74 Å². The molecule has 23 heavy (non-hydrogen) atoms. The monoisotopic (exact) mass is 317 g/mol. The molecule has 1 atom stereocenters. The maximum absolute atomic E-state index is 12.6. The molecule has 1 N–H and O–H groups in total. The second-order valence-corrected chi connectivity index (χ2v) is 6.49. The molecule has 1 saturated heterocycles. The molecule has 1 amide bonds. The fourth-order valence-electron chi connectivity index (χ4n) is 2.79. The molecule has 1 unspecified atom stereocenters. The zero-order chi connectivity index (χ0) is 16.8. The summed E-state index contributed by atoms with van der Waals surface area (Å²) in [5.41, 5.74) is 1.87. The Hall–Kier alpha value is -1.81. The highest BCUT2D eigenvalue weighted by atomic mass is 16.5. The summed E-state index contributed by atoms with van der Waals surface area (Å²) in [4.78, 5) is 14.5. The van der Waals surface area contributed by atoms with Gasteiger partial charge in [0.1, 0.15) is 12.4 Å². The Morgan fingerprint density at radius 1 is 1.39 bits per heavy atom. The van der Waals surface area contributed by atoms with Crippen molar-refractivity contribution in [1.82, 2.24) is 4.90 Å². The highest BCUT2D eigenvalue weighted by Crippen LogP contribution is 2.23. The number of amides is 1. The zero-order valence-electron chi connectivity index (χ0n) is 14.3. The van der Waals surface area contributed by atoms with Crippen LogP contribution in [0.3, 0.4) is 0 Å². The summed E-state index contributed by atoms with van der Waals surface area (Å²) >= 11 is 0. The van der Waals surface area contributed by atoms with Crippen LogP contribution in [0.1, 0.15) is 44.0 Å². The number of hydrogen-bond acceptors (Lipinski definition) is 3. The molecule has 0 saturated carbocycles. The average molecular weight is 317 g/mol. The topological polar surface area (TPSA) is 49.8 Å². The molecule has 4 nitrogen and oxygen atoms in total. The summed E-state index contributed by atoms with van der Waals surface area (Å²) in [6, 6.07) is 7.36. The van der Waals surface area contributed by atoms with E-state index in [0.29, 0.717) is 36.9 Å². The van der Waals surface area contributed by atoms with E-state index in [1.54, 1.807) is 0 Å². The van der Waals surface area contributed by atoms with E-state index in [0.717, 1.165) is 12.8 Å². The lowest BCUT2D eigenvalue weighted by Crippen LogP contribution is -2.40. The number of hydrogen-bond donors (Lipinski definition) is 1. The lowest BCUT2D eigenvalue weighted by molar-refractivity contribution is 0.0521. The number of carbonyl (C=O) groups is 1. The van der Waals surface area contributed by atoms with Crippen LogP contribution in [0.5, 0.6) is 5.75 Å². The third-order valence-corrected chi connectivity index (χ3v) is 4.33. The van der Waals surface area contributed by atoms with Gasteiger partial charge in [-0.1, -0.05) is 11.6 Å². The van der Waals surface area contributed by atoms with Crippen molar-refractivity contribution in [1.29, 1.82) is 0 Å². The molecule has 126 valence electrons. The summed E-state index contributed by atoms with van der Waals surface area (Å²) in [6.07, 6.45) is 3.44. The van der Waals surface area contributed by atoms with E-state index in [4.69, 9.17) is 4.74 Å². The van der Waals surface area contributed by atoms with E-state index in [1.807, 2.05) is 56.0 Å². The number of nitrogens with zero attached hydrogens (tertiary/aromatic N) is 1. The number of benzene rings is 1. The van der Waals surface area contributed by atoms with Crippen LogP contribution in [0.4, 0.5) is 0 Å². The molecule has 0 radical (unpaired) electrons. The molecular weight excluding hydrogens is 290 g/mol. The quantitative estimate of drug-likeness (QED) is 0.848. The predicted octanol–water partition coefficient (Wildman–Crippen LogP) is 3.26. The van der Waals surface area contributed by atoms with Crippen molar-refractivity contribution in [3.05, 3.63) is 41.5 Å². The highest BCUT2D eigenvalue weighted by Gasteiger charge is 2.26. The standard InChI is InChI=1S/C19H27NO3/c1-14(2)9-12-23-18-6-4-5-17(13-18)19(22)20-10-7-16(8-11-20)15(3)21/h4-6,9,13,15-16,21H,7-8,10-12H2,1-3H3. The summed E-state index contributed by atoms with van der Waals surface area (Å²) in [5.74, 6) is 1.06. The van der Waals surface area contributed by atoms with Gasteiger partial charge in [-0.25, -0.2) is 0 Å². The van der Waals surface area contributed by atoms with Crippen LogP contribution in [-0.2, 0) is 0 Å². The van der Waals surface area contributed by atoms with Crippen LogP contribution in [0.25, 0.3) is 0 Å². The third kappa shape index (κ3) is 5.10. The van der Waals surface area contributed by atoms with E-state index in [1.165, 1.54) is 5.57 Å². The van der Waals surface area contributed by atoms with Crippen LogP contribution in [-0.4, -0.2) is 41.7 Å². The van der Waals surface area contributed by atoms with Crippen molar-refractivity contribution >= 4 is 5.91 Å². The van der Waals surface area contributed by atoms with E-state index in [9.17, 15) is 9.90 Å². The van der Waals surface area contributed by atoms with Gasteiger partial charge in [-0.05, 0) is 63.8 Å². The van der Waals surface area contributed by atoms with Gasteiger partial charge < -0.3 is 14.7 Å². The van der Waals surface area contributed by atoms with Crippen molar-refractivity contribution < 1.29 is 14.6 Å². The van der Waals surface area contributed by atoms with Gasteiger partial charge in [0.05, 0.1) is 6.10 Å². The summed E-state index contributed by atoms with van der Waals surface area (Å²) in [5, 5.41) is 9.65. The molecule has 1 aliphatic rings. The smallest absolute Gasteiger partial charge is 0.253 e. The minimum absolute atomic E-state index is 0.0432. The molecule has 0 aliphatic carbocycles. The Bertz CT molecular complexity index is 553. The fraction of sp³-hybridized carbons (Fsp3) is 0.526. The van der Waals surface area contributed by atoms with Crippen molar-refractivity contribution in [3.63, 3.8) is 0 Å². The third-order valence-electron chi connectivity index (χ3n) is 4.33. The number of piperidine rings is 1. The molecule has 0 bridgehead atoms. The van der Waals surface area contributed by atoms with Crippen LogP contribution in [0.15, 0.2) is 35.9 Å². The van der Waals surface area contributed by atoms with Crippen LogP contribution >= 0.6 is 0 Å². The molecule has 1 heterocycles. The summed E-state index contributed by atoms with van der Waals surface area (Å²) in [7, 11) is 0. The minimum Gasteiger partial charge on any atom is -0.490 e. The van der Waals surface area contributed by atoms with Gasteiger partial charge in [0.15, 0.2) is 0 Å². The molecule has 0 spiro atoms. The van der Waals surface area contributed by atoms with Gasteiger partial charge >= 0.3 is 0 Å². The Kier molecular flexibility index (Phi) is 6.22. The van der Waals surface area contributed by atoms with E-state index in [-0.39, 0.29) is 12.0 Å². The zero-order valence-corrected chi connectivity index (χ0v) is 14.3. The van der Waals surface area contributed by atoms with Crippen molar-refractivity contribution in [2.45, 2.75) is 39.7 Å². The normalized spacial score (nSPS) is 16.8. The number of aliphatic hydroxyl groups is 1. The first-order valence-electron chi connectivity index (χ1n) is 8.31. The second-order valence-electron chi connectivity index (χ2n) is 6.49. The average Bonchev–Trinajstić information content (AvgIpc) is 2.54. The molecule has 2 rings (SSSR count). The first-order chi connectivity index (χ1) is 11.0. The van der Waals surface area contributed by atoms with Gasteiger partial charge in [-0.2, -0.15) is 0 Å². The van der Waals surface area contributed by atoms with Crippen molar-refractivity contribution in [2.75, 3.05) is 19.7 Å². The lowest BCUT2D eigenvalue weighted by Gasteiger charge is -2.33. The van der Waals surface area contributed by atoms with E-state index >= 15 is 0 Å². The first kappa shape index (κ1) is 17.5. The van der Waals surface area contributed by atoms with Gasteiger partial charge in [-0.15, -0.1) is 0 Å². The van der Waals surface area contributed by atoms with Gasteiger partial charge in [0.2, 0.25) is 0 Å². The number of allylic oxidation sites excluding steroid dienone is 1. The van der Waals surface area contributed by atoms with Gasteiger partial charge in [-0.3, -0.25) is 4.79 Å². The Morgan fingerprint density at radius 3 is 2.70 bits per heavy atom. The molecular formula is C19H27NO3. The number of carbonyl (C=O) groups excluding carboxylic acids is 1. The number of ether oxygens (including phenoxy) is 1. The van der Waals surface area contributed by atoms with Crippen LogP contribution in [0, 0.1) is 5.92 Å². The van der Waals surface area contributed by atoms with E-state index in [2.05, 4.69) is 0 Å². The molecule has 4 heteroatoms. The number of likely N-dealkylation sites (tertiary alicyclic amines) is 1. The Labute approximate surface area is 138 Å². The minimum atomic E-state index is -0.293. The molecule has 1 aromatic rings. The Balaban J connectivity index is 1.96. The van der Waals surface area contributed by atoms with E-state index < -0.39 is 0 Å². The maximum Gasteiger partial charge on any atom is 0.253 e. The largest absolute Gasteiger partial charge is 0.490 e. The number of rotatable bonds is 5. The van der Waals surface area contributed by atoms with Crippen LogP contribution in [0.2, 0.25) is 0 Å². The lowest BCUT2D eigenvalue weighted by atomic mass is 9.92. The fourth-order valence-corrected chi connectivity index (χ4v) is 2.79. The summed E-state index contributed by atoms with van der Waals surface area (Å²) in [6.45, 7) is 7.81. The Morgan fingerprint density at radius 2 is 2.09 bits per heavy atom. The second kappa shape index (κ2) is 8.16. The summed E-state index contributed by atoms with van der Waals surface area (Å²) < 4.78 is 5.66. The SMILES string of the molecule is CC(C)=CCOc1cccc(C(=O)N2CCC(C(C)O)CC2)c1. The molecule has 1 fully saturated rings. The maximum atomic E-state index is 12.6. The predicted molar refractivity (Wildman–Crippen MR) is 91.7 cm³/mol. The molecule has 1 aliphatic heterocycles. The van der Waals surface area contributed by atoms with Crippen molar-refractivity contribution in [2.24, 2.45) is 5.92 Å². The first-order valence-corrected chi connectivity index (χ1v) is 8.31. The molecule has 1 aromatic carbocycles. The molecule has 0 aromatic heterocycles. The number of aliphatic hydroxyl groups excluding tert-OH is 1. The van der Waals surface area contributed by atoms with Crippen molar-refractivity contribution in [3.8, 4) is 5.75 Å². The van der Waals surface area contributed by atoms with Gasteiger partial charge in [0.25, 0.3) is 5.91 Å². The van der Waals surface area contributed by atoms with Gasteiger partial charge in [0, 0.05) is 18.7 Å².